The highest BCUT2D eigenvalue weighted by atomic mass is 35.7. The Labute approximate surface area is 71.3 Å². The molecule has 0 rings (SSSR count). The van der Waals surface area contributed by atoms with E-state index in [0.29, 0.717) is 25.5 Å². The van der Waals surface area contributed by atoms with Crippen LogP contribution in [0.3, 0.4) is 0 Å². The van der Waals surface area contributed by atoms with Crippen LogP contribution in [0.4, 0.5) is 0 Å². The van der Waals surface area contributed by atoms with E-state index >= 15 is 0 Å². The molecule has 0 fully saturated rings. The lowest BCUT2D eigenvalue weighted by atomic mass is 10.7. The van der Waals surface area contributed by atoms with Crippen molar-refractivity contribution in [1.29, 1.82) is 0 Å². The SMILES string of the molecule is [N-]=[N+]=NCCOCCS(=O)Cl. The molecule has 0 N–H and O–H groups in total. The van der Waals surface area contributed by atoms with E-state index in [4.69, 9.17) is 21.0 Å². The van der Waals surface area contributed by atoms with Crippen LogP contribution in [0.15, 0.2) is 5.11 Å². The van der Waals surface area contributed by atoms with E-state index in [9.17, 15) is 4.21 Å². The molecule has 0 bridgehead atoms. The summed E-state index contributed by atoms with van der Waals surface area (Å²) in [7, 11) is 3.80. The lowest BCUT2D eigenvalue weighted by Gasteiger charge is -1.97. The van der Waals surface area contributed by atoms with E-state index in [1.165, 1.54) is 0 Å². The van der Waals surface area contributed by atoms with Crippen LogP contribution < -0.4 is 0 Å². The van der Waals surface area contributed by atoms with E-state index in [1.807, 2.05) is 0 Å². The quantitative estimate of drug-likeness (QED) is 0.211. The summed E-state index contributed by atoms with van der Waals surface area (Å²) < 4.78 is 15.2. The van der Waals surface area contributed by atoms with Gasteiger partial charge in [0.2, 0.25) is 0 Å². The van der Waals surface area contributed by atoms with Crippen molar-refractivity contribution in [1.82, 2.24) is 0 Å². The Morgan fingerprint density at radius 1 is 1.64 bits per heavy atom. The fraction of sp³-hybridized carbons (Fsp3) is 1.00. The zero-order valence-electron chi connectivity index (χ0n) is 5.77. The van der Waals surface area contributed by atoms with Crippen LogP contribution in [0.25, 0.3) is 10.4 Å². The fourth-order valence-corrected chi connectivity index (χ4v) is 0.814. The van der Waals surface area contributed by atoms with Gasteiger partial charge in [0.05, 0.1) is 19.0 Å². The Hall–Kier alpha value is -0.290. The predicted octanol–water partition coefficient (Wildman–Crippen LogP) is 1.22. The molecule has 0 amide bonds. The average Bonchev–Trinajstić information content (AvgIpc) is 1.96. The second-order valence-corrected chi connectivity index (χ2v) is 3.58. The van der Waals surface area contributed by atoms with Gasteiger partial charge in [0.15, 0.2) is 0 Å². The van der Waals surface area contributed by atoms with Gasteiger partial charge in [0.25, 0.3) is 0 Å². The largest absolute Gasteiger partial charge is 0.380 e. The molecule has 0 spiro atoms. The molecule has 5 nitrogen and oxygen atoms in total. The van der Waals surface area contributed by atoms with Gasteiger partial charge >= 0.3 is 0 Å². The van der Waals surface area contributed by atoms with E-state index in [2.05, 4.69) is 10.0 Å². The van der Waals surface area contributed by atoms with Gasteiger partial charge in [-0.2, -0.15) is 0 Å². The molecule has 0 saturated carbocycles. The first-order valence-corrected chi connectivity index (χ1v) is 5.05. The molecule has 0 aliphatic heterocycles. The van der Waals surface area contributed by atoms with Crippen LogP contribution in [0, 0.1) is 0 Å². The molecule has 64 valence electrons. The maximum Gasteiger partial charge on any atom is 0.117 e. The van der Waals surface area contributed by atoms with Crippen molar-refractivity contribution in [2.24, 2.45) is 5.11 Å². The highest BCUT2D eigenvalue weighted by Gasteiger charge is 1.92. The smallest absolute Gasteiger partial charge is 0.117 e. The topological polar surface area (TPSA) is 75.1 Å². The molecular formula is C4H8ClN3O2S. The van der Waals surface area contributed by atoms with Crippen LogP contribution in [0.2, 0.25) is 0 Å². The third-order valence-corrected chi connectivity index (χ3v) is 1.74. The first-order chi connectivity index (χ1) is 5.27. The molecule has 0 heterocycles. The van der Waals surface area contributed by atoms with Crippen LogP contribution in [0.5, 0.6) is 0 Å². The predicted molar refractivity (Wildman–Crippen MR) is 43.7 cm³/mol. The monoisotopic (exact) mass is 197 g/mol. The molecule has 0 aliphatic rings. The average molecular weight is 198 g/mol. The van der Waals surface area contributed by atoms with Gasteiger partial charge in [-0.15, -0.1) is 0 Å². The molecule has 0 aliphatic carbocycles. The summed E-state index contributed by atoms with van der Waals surface area (Å²) in [6.45, 7) is 0.973. The Kier molecular flexibility index (Phi) is 7.61. The van der Waals surface area contributed by atoms with Gasteiger partial charge in [-0.3, -0.25) is 0 Å². The van der Waals surface area contributed by atoms with E-state index in [0.717, 1.165) is 0 Å². The summed E-state index contributed by atoms with van der Waals surface area (Å²) in [5.41, 5.74) is 7.84. The van der Waals surface area contributed by atoms with Crippen molar-refractivity contribution >= 4 is 20.7 Å². The van der Waals surface area contributed by atoms with E-state index < -0.39 is 10.0 Å². The molecule has 11 heavy (non-hydrogen) atoms. The number of ether oxygens (including phenoxy) is 1. The summed E-state index contributed by atoms with van der Waals surface area (Å²) >= 11 is 0. The maximum absolute atomic E-state index is 10.2. The summed E-state index contributed by atoms with van der Waals surface area (Å²) in [5.74, 6) is 0.303. The molecular weight excluding hydrogens is 190 g/mol. The molecule has 1 atom stereocenters. The minimum Gasteiger partial charge on any atom is -0.380 e. The van der Waals surface area contributed by atoms with Crippen molar-refractivity contribution in [3.8, 4) is 0 Å². The Morgan fingerprint density at radius 3 is 2.91 bits per heavy atom. The molecule has 0 aromatic carbocycles. The highest BCUT2D eigenvalue weighted by Crippen LogP contribution is 1.88. The summed E-state index contributed by atoms with van der Waals surface area (Å²) in [6.07, 6.45) is 0. The van der Waals surface area contributed by atoms with Crippen molar-refractivity contribution in [2.45, 2.75) is 0 Å². The lowest BCUT2D eigenvalue weighted by Crippen LogP contribution is -2.04. The fourth-order valence-electron chi connectivity index (χ4n) is 0.377. The highest BCUT2D eigenvalue weighted by molar-refractivity contribution is 8.08. The Bertz CT molecular complexity index is 167. The van der Waals surface area contributed by atoms with Crippen molar-refractivity contribution in [2.75, 3.05) is 25.5 Å². The summed E-state index contributed by atoms with van der Waals surface area (Å²) in [4.78, 5) is 2.53. The molecule has 0 aromatic heterocycles. The van der Waals surface area contributed by atoms with Crippen LogP contribution in [-0.2, 0) is 14.7 Å². The van der Waals surface area contributed by atoms with Gasteiger partial charge in [-0.05, 0) is 16.2 Å². The molecule has 0 radical (unpaired) electrons. The molecule has 7 heteroatoms. The van der Waals surface area contributed by atoms with Crippen molar-refractivity contribution < 1.29 is 8.95 Å². The van der Waals surface area contributed by atoms with Crippen molar-refractivity contribution in [3.05, 3.63) is 10.4 Å². The second kappa shape index (κ2) is 7.81. The number of azide groups is 1. The van der Waals surface area contributed by atoms with Gasteiger partial charge < -0.3 is 4.74 Å². The number of rotatable bonds is 6. The number of hydrogen-bond donors (Lipinski definition) is 0. The first kappa shape index (κ1) is 10.7. The third kappa shape index (κ3) is 9.71. The summed E-state index contributed by atoms with van der Waals surface area (Å²) in [5, 5.41) is 3.24. The number of nitrogens with zero attached hydrogens (tertiary/aromatic N) is 3. The van der Waals surface area contributed by atoms with Gasteiger partial charge in [0.1, 0.15) is 10.0 Å². The number of hydrogen-bond acceptors (Lipinski definition) is 3. The molecule has 1 unspecified atom stereocenters. The second-order valence-electron chi connectivity index (χ2n) is 1.56. The van der Waals surface area contributed by atoms with Gasteiger partial charge in [0, 0.05) is 11.5 Å². The van der Waals surface area contributed by atoms with Crippen LogP contribution in [0.1, 0.15) is 0 Å². The molecule has 0 aromatic rings. The maximum atomic E-state index is 10.2. The first-order valence-electron chi connectivity index (χ1n) is 2.90. The van der Waals surface area contributed by atoms with E-state index in [1.54, 1.807) is 0 Å². The summed E-state index contributed by atoms with van der Waals surface area (Å²) in [6, 6.07) is 0. The van der Waals surface area contributed by atoms with Crippen LogP contribution >= 0.6 is 10.7 Å². The number of halogens is 1. The van der Waals surface area contributed by atoms with Crippen LogP contribution in [-0.4, -0.2) is 29.7 Å². The third-order valence-electron chi connectivity index (χ3n) is 0.787. The lowest BCUT2D eigenvalue weighted by molar-refractivity contribution is 0.157. The van der Waals surface area contributed by atoms with E-state index in [-0.39, 0.29) is 0 Å². The zero-order chi connectivity index (χ0) is 8.53. The zero-order valence-corrected chi connectivity index (χ0v) is 7.35. The van der Waals surface area contributed by atoms with Gasteiger partial charge in [-0.25, -0.2) is 4.21 Å². The minimum atomic E-state index is -1.33. The standard InChI is InChI=1S/C4H8ClN3O2S/c5-11(9)4-3-10-2-1-7-8-6/h1-4H2. The minimum absolute atomic E-state index is 0.297. The normalized spacial score (nSPS) is 12.1. The molecule has 0 saturated heterocycles. The Balaban J connectivity index is 3.02. The Morgan fingerprint density at radius 2 is 2.36 bits per heavy atom. The van der Waals surface area contributed by atoms with Gasteiger partial charge in [-0.1, -0.05) is 5.11 Å². The van der Waals surface area contributed by atoms with Crippen molar-refractivity contribution in [3.63, 3.8) is 0 Å².